The second-order valence-corrected chi connectivity index (χ2v) is 5.94. The fraction of sp³-hybridized carbons (Fsp3) is 0.238. The van der Waals surface area contributed by atoms with E-state index in [0.717, 1.165) is 5.56 Å². The molecule has 0 unspecified atom stereocenters. The van der Waals surface area contributed by atoms with Crippen molar-refractivity contribution < 1.29 is 28.5 Å². The third-order valence-corrected chi connectivity index (χ3v) is 3.92. The van der Waals surface area contributed by atoms with E-state index in [-0.39, 0.29) is 6.79 Å². The van der Waals surface area contributed by atoms with Crippen LogP contribution in [0.4, 0.5) is 5.69 Å². The maximum absolute atomic E-state index is 12.3. The van der Waals surface area contributed by atoms with Crippen LogP contribution in [0.2, 0.25) is 0 Å². The zero-order valence-corrected chi connectivity index (χ0v) is 15.6. The average Bonchev–Trinajstić information content (AvgIpc) is 3.15. The van der Waals surface area contributed by atoms with Crippen molar-refractivity contribution in [1.82, 2.24) is 0 Å². The average molecular weight is 383 g/mol. The molecule has 2 aromatic rings. The van der Waals surface area contributed by atoms with Gasteiger partial charge in [0, 0.05) is 23.4 Å². The van der Waals surface area contributed by atoms with Crippen molar-refractivity contribution in [3.63, 3.8) is 0 Å². The second-order valence-electron chi connectivity index (χ2n) is 5.94. The summed E-state index contributed by atoms with van der Waals surface area (Å²) >= 11 is 0. The number of fused-ring (bicyclic) bond motifs is 1. The van der Waals surface area contributed by atoms with E-state index in [1.54, 1.807) is 24.3 Å². The number of benzene rings is 2. The van der Waals surface area contributed by atoms with Crippen molar-refractivity contribution in [2.45, 2.75) is 20.0 Å². The number of hydrogen-bond donors (Lipinski definition) is 1. The minimum atomic E-state index is -0.968. The van der Waals surface area contributed by atoms with E-state index in [9.17, 15) is 9.59 Å². The van der Waals surface area contributed by atoms with Crippen molar-refractivity contribution in [1.29, 1.82) is 0 Å². The van der Waals surface area contributed by atoms with Crippen LogP contribution in [-0.4, -0.2) is 31.4 Å². The van der Waals surface area contributed by atoms with Gasteiger partial charge in [-0.3, -0.25) is 4.79 Å². The fourth-order valence-electron chi connectivity index (χ4n) is 2.55. The minimum absolute atomic E-state index is 0.152. The number of anilines is 1. The SMILES string of the molecule is CCOc1ccccc1/C=C/C(=O)O[C@@H](C)C(=O)Nc1ccc2c(c1)OCO2. The molecule has 1 amide bonds. The molecule has 0 saturated heterocycles. The Labute approximate surface area is 162 Å². The largest absolute Gasteiger partial charge is 0.493 e. The van der Waals surface area contributed by atoms with E-state index in [4.69, 9.17) is 18.9 Å². The monoisotopic (exact) mass is 383 g/mol. The van der Waals surface area contributed by atoms with Crippen molar-refractivity contribution in [2.75, 3.05) is 18.7 Å². The summed E-state index contributed by atoms with van der Waals surface area (Å²) < 4.78 is 21.2. The van der Waals surface area contributed by atoms with Gasteiger partial charge in [0.05, 0.1) is 6.61 Å². The second kappa shape index (κ2) is 8.94. The Hall–Kier alpha value is -3.48. The molecule has 0 aromatic heterocycles. The molecular weight excluding hydrogens is 362 g/mol. The summed E-state index contributed by atoms with van der Waals surface area (Å²) in [5.41, 5.74) is 1.28. The lowest BCUT2D eigenvalue weighted by atomic mass is 10.2. The van der Waals surface area contributed by atoms with E-state index in [1.807, 2.05) is 31.2 Å². The number of nitrogens with one attached hydrogen (secondary N) is 1. The van der Waals surface area contributed by atoms with Gasteiger partial charge in [-0.25, -0.2) is 4.79 Å². The first-order valence-corrected chi connectivity index (χ1v) is 8.88. The molecule has 7 nitrogen and oxygen atoms in total. The van der Waals surface area contributed by atoms with Crippen molar-refractivity contribution in [2.24, 2.45) is 0 Å². The summed E-state index contributed by atoms with van der Waals surface area (Å²) in [4.78, 5) is 24.3. The summed E-state index contributed by atoms with van der Waals surface area (Å²) in [6, 6.07) is 12.4. The van der Waals surface area contributed by atoms with Gasteiger partial charge in [-0.15, -0.1) is 0 Å². The zero-order valence-electron chi connectivity index (χ0n) is 15.6. The van der Waals surface area contributed by atoms with Crippen molar-refractivity contribution in [3.8, 4) is 17.2 Å². The molecule has 0 fully saturated rings. The first-order chi connectivity index (χ1) is 13.6. The van der Waals surface area contributed by atoms with Crippen LogP contribution in [0.3, 0.4) is 0 Å². The Morgan fingerprint density at radius 2 is 1.96 bits per heavy atom. The lowest BCUT2D eigenvalue weighted by Gasteiger charge is -2.12. The third-order valence-electron chi connectivity index (χ3n) is 3.92. The summed E-state index contributed by atoms with van der Waals surface area (Å²) in [5, 5.41) is 2.68. The Balaban J connectivity index is 1.55. The molecule has 146 valence electrons. The van der Waals surface area contributed by atoms with E-state index in [1.165, 1.54) is 13.0 Å². The predicted octanol–water partition coefficient (Wildman–Crippen LogP) is 3.40. The van der Waals surface area contributed by atoms with Gasteiger partial charge in [0.15, 0.2) is 17.6 Å². The van der Waals surface area contributed by atoms with Crippen LogP contribution in [0.25, 0.3) is 6.08 Å². The van der Waals surface area contributed by atoms with Crippen LogP contribution >= 0.6 is 0 Å². The summed E-state index contributed by atoms with van der Waals surface area (Å²) in [7, 11) is 0. The first kappa shape index (κ1) is 19.3. The van der Waals surface area contributed by atoms with Crippen LogP contribution < -0.4 is 19.5 Å². The van der Waals surface area contributed by atoms with Crippen LogP contribution in [0.5, 0.6) is 17.2 Å². The number of esters is 1. The Morgan fingerprint density at radius 3 is 2.79 bits per heavy atom. The highest BCUT2D eigenvalue weighted by atomic mass is 16.7. The highest BCUT2D eigenvalue weighted by Crippen LogP contribution is 2.34. The Bertz CT molecular complexity index is 892. The fourth-order valence-corrected chi connectivity index (χ4v) is 2.55. The van der Waals surface area contributed by atoms with Crippen LogP contribution in [0.15, 0.2) is 48.5 Å². The maximum Gasteiger partial charge on any atom is 0.331 e. The quantitative estimate of drug-likeness (QED) is 0.583. The number of amides is 1. The van der Waals surface area contributed by atoms with Crippen LogP contribution in [0, 0.1) is 0 Å². The lowest BCUT2D eigenvalue weighted by molar-refractivity contribution is -0.148. The van der Waals surface area contributed by atoms with Crippen LogP contribution in [-0.2, 0) is 14.3 Å². The molecule has 1 N–H and O–H groups in total. The number of carbonyl (C=O) groups is 2. The summed E-state index contributed by atoms with van der Waals surface area (Å²) in [6.07, 6.45) is 1.89. The number of ether oxygens (including phenoxy) is 4. The normalized spacial score (nSPS) is 13.2. The molecular formula is C21H21NO6. The van der Waals surface area contributed by atoms with Crippen LogP contribution in [0.1, 0.15) is 19.4 Å². The standard InChI is InChI=1S/C21H21NO6/c1-3-25-17-7-5-4-6-15(17)8-11-20(23)28-14(2)21(24)22-16-9-10-18-19(12-16)27-13-26-18/h4-12,14H,3,13H2,1-2H3,(H,22,24)/b11-8+/t14-/m0/s1. The smallest absolute Gasteiger partial charge is 0.331 e. The maximum atomic E-state index is 12.3. The molecule has 0 saturated carbocycles. The van der Waals surface area contributed by atoms with Gasteiger partial charge >= 0.3 is 5.97 Å². The minimum Gasteiger partial charge on any atom is -0.493 e. The molecule has 2 aromatic carbocycles. The van der Waals surface area contributed by atoms with E-state index in [2.05, 4.69) is 5.32 Å². The number of hydrogen-bond acceptors (Lipinski definition) is 6. The number of para-hydroxylation sites is 1. The highest BCUT2D eigenvalue weighted by Gasteiger charge is 2.19. The zero-order chi connectivity index (χ0) is 19.9. The Morgan fingerprint density at radius 1 is 1.18 bits per heavy atom. The van der Waals surface area contributed by atoms with Gasteiger partial charge in [0.2, 0.25) is 6.79 Å². The molecule has 0 bridgehead atoms. The summed E-state index contributed by atoms with van der Waals surface area (Å²) in [5.74, 6) is 0.769. The Kier molecular flexibility index (Phi) is 6.16. The molecule has 1 aliphatic rings. The third kappa shape index (κ3) is 4.82. The molecule has 1 heterocycles. The van der Waals surface area contributed by atoms with E-state index >= 15 is 0 Å². The van der Waals surface area contributed by atoms with Gasteiger partial charge in [-0.2, -0.15) is 0 Å². The van der Waals surface area contributed by atoms with Gasteiger partial charge in [-0.1, -0.05) is 18.2 Å². The molecule has 0 radical (unpaired) electrons. The van der Waals surface area contributed by atoms with Gasteiger partial charge in [-0.05, 0) is 38.1 Å². The molecule has 3 rings (SSSR count). The molecule has 7 heteroatoms. The predicted molar refractivity (Wildman–Crippen MR) is 103 cm³/mol. The number of rotatable bonds is 7. The van der Waals surface area contributed by atoms with E-state index < -0.39 is 18.0 Å². The lowest BCUT2D eigenvalue weighted by Crippen LogP contribution is -2.29. The molecule has 0 aliphatic carbocycles. The van der Waals surface area contributed by atoms with Gasteiger partial charge in [0.1, 0.15) is 5.75 Å². The molecule has 1 aliphatic heterocycles. The molecule has 1 atom stereocenters. The van der Waals surface area contributed by atoms with Gasteiger partial charge in [0.25, 0.3) is 5.91 Å². The molecule has 0 spiro atoms. The highest BCUT2D eigenvalue weighted by molar-refractivity contribution is 5.97. The van der Waals surface area contributed by atoms with Crippen molar-refractivity contribution in [3.05, 3.63) is 54.1 Å². The topological polar surface area (TPSA) is 83.1 Å². The van der Waals surface area contributed by atoms with Gasteiger partial charge < -0.3 is 24.3 Å². The molecule has 28 heavy (non-hydrogen) atoms. The summed E-state index contributed by atoms with van der Waals surface area (Å²) in [6.45, 7) is 4.06. The van der Waals surface area contributed by atoms with E-state index in [0.29, 0.717) is 29.5 Å². The van der Waals surface area contributed by atoms with Crippen molar-refractivity contribution >= 4 is 23.6 Å². The first-order valence-electron chi connectivity index (χ1n) is 8.88. The number of carbonyl (C=O) groups excluding carboxylic acids is 2.